The predicted octanol–water partition coefficient (Wildman–Crippen LogP) is 12.1. The number of nitrogens with zero attached hydrogens (tertiary/aromatic N) is 2. The van der Waals surface area contributed by atoms with Gasteiger partial charge in [-0.15, -0.1) is 0 Å². The van der Waals surface area contributed by atoms with E-state index in [2.05, 4.69) is 116 Å². The summed E-state index contributed by atoms with van der Waals surface area (Å²) in [5.41, 5.74) is 9.98. The monoisotopic (exact) mass is 574 g/mol. The quantitative estimate of drug-likeness (QED) is 0.0977. The van der Waals surface area contributed by atoms with Crippen molar-refractivity contribution in [3.63, 3.8) is 0 Å². The lowest BCUT2D eigenvalue weighted by atomic mass is 9.82. The lowest BCUT2D eigenvalue weighted by Gasteiger charge is -2.21. The Kier molecular flexibility index (Phi) is 11.2. The van der Waals surface area contributed by atoms with E-state index < -0.39 is 0 Å². The number of fused-ring (bicyclic) bond motifs is 2. The number of aryl methyl sites for hydroxylation is 2. The molecule has 3 aromatic carbocycles. The highest BCUT2D eigenvalue weighted by Crippen LogP contribution is 2.44. The highest BCUT2D eigenvalue weighted by molar-refractivity contribution is 5.91. The fourth-order valence-corrected chi connectivity index (χ4v) is 7.44. The van der Waals surface area contributed by atoms with Crippen molar-refractivity contribution in [2.75, 3.05) is 0 Å². The first kappa shape index (κ1) is 31.2. The van der Waals surface area contributed by atoms with Crippen LogP contribution in [0.15, 0.2) is 78.9 Å². The number of rotatable bonds is 17. The summed E-state index contributed by atoms with van der Waals surface area (Å²) in [7, 11) is 0. The number of aromatic nitrogens is 2. The smallest absolute Gasteiger partial charge is 0.0485 e. The molecule has 5 aromatic rings. The summed E-state index contributed by atoms with van der Waals surface area (Å²) in [6, 6.07) is 29.6. The van der Waals surface area contributed by atoms with Gasteiger partial charge in [0, 0.05) is 52.2 Å². The molecule has 0 bridgehead atoms. The third-order valence-electron chi connectivity index (χ3n) is 9.74. The van der Waals surface area contributed by atoms with Crippen molar-refractivity contribution >= 4 is 21.8 Å². The Morgan fingerprint density at radius 3 is 1.33 bits per heavy atom. The zero-order valence-corrected chi connectivity index (χ0v) is 27.4. The minimum absolute atomic E-state index is 0.188. The van der Waals surface area contributed by atoms with Crippen LogP contribution in [0.1, 0.15) is 125 Å². The van der Waals surface area contributed by atoms with Crippen LogP contribution >= 0.6 is 0 Å². The second-order valence-electron chi connectivity index (χ2n) is 12.7. The highest BCUT2D eigenvalue weighted by Gasteiger charge is 2.29. The van der Waals surface area contributed by atoms with E-state index >= 15 is 0 Å². The fourth-order valence-electron chi connectivity index (χ4n) is 7.44. The maximum atomic E-state index is 2.63. The van der Waals surface area contributed by atoms with Crippen LogP contribution in [0.4, 0.5) is 0 Å². The summed E-state index contributed by atoms with van der Waals surface area (Å²) < 4.78 is 5.26. The summed E-state index contributed by atoms with van der Waals surface area (Å²) >= 11 is 0. The maximum absolute atomic E-state index is 2.63. The van der Waals surface area contributed by atoms with Crippen LogP contribution in [0.2, 0.25) is 0 Å². The molecule has 0 aliphatic rings. The first-order valence-corrected chi connectivity index (χ1v) is 17.4. The molecule has 0 unspecified atom stereocenters. The standard InChI is InChI=1S/C41H54N2/c1-5-7-9-11-13-22-30-42-32(3)39(35-26-18-20-28-37(35)42)41(34-24-16-15-17-25-34)40-33(4)43(31-23-14-12-10-8-6-2)38-29-21-19-27-36(38)40/h15-21,24-29,41H,5-14,22-23,30-31H2,1-4H3. The molecule has 0 atom stereocenters. The lowest BCUT2D eigenvalue weighted by molar-refractivity contribution is 0.558. The molecular formula is C41H54N2. The SMILES string of the molecule is CCCCCCCCn1c(C)c(C(c2ccccc2)c2c(C)n(CCCCCCCC)c3ccccc23)c2ccccc21. The molecule has 0 saturated carbocycles. The average Bonchev–Trinajstić information content (AvgIpc) is 3.47. The molecule has 2 nitrogen and oxygen atoms in total. The van der Waals surface area contributed by atoms with Crippen LogP contribution in [-0.2, 0) is 13.1 Å². The van der Waals surface area contributed by atoms with E-state index in [0.717, 1.165) is 13.1 Å². The lowest BCUT2D eigenvalue weighted by Crippen LogP contribution is -2.09. The molecule has 0 amide bonds. The summed E-state index contributed by atoms with van der Waals surface area (Å²) in [4.78, 5) is 0. The van der Waals surface area contributed by atoms with Gasteiger partial charge >= 0.3 is 0 Å². The molecule has 0 aliphatic heterocycles. The van der Waals surface area contributed by atoms with Gasteiger partial charge in [-0.05, 0) is 55.5 Å². The third kappa shape index (κ3) is 6.95. The Balaban J connectivity index is 1.58. The van der Waals surface area contributed by atoms with Crippen molar-refractivity contribution in [2.45, 2.75) is 124 Å². The molecule has 0 fully saturated rings. The molecular weight excluding hydrogens is 520 g/mol. The predicted molar refractivity (Wildman–Crippen MR) is 187 cm³/mol. The van der Waals surface area contributed by atoms with Crippen molar-refractivity contribution in [1.29, 1.82) is 0 Å². The van der Waals surface area contributed by atoms with Crippen molar-refractivity contribution in [3.05, 3.63) is 107 Å². The Labute approximate surface area is 261 Å². The number of para-hydroxylation sites is 2. The molecule has 2 aromatic heterocycles. The van der Waals surface area contributed by atoms with Gasteiger partial charge in [-0.3, -0.25) is 0 Å². The molecule has 0 saturated heterocycles. The van der Waals surface area contributed by atoms with E-state index in [-0.39, 0.29) is 5.92 Å². The average molecular weight is 575 g/mol. The summed E-state index contributed by atoms with van der Waals surface area (Å²) in [6.07, 6.45) is 15.9. The second-order valence-corrected chi connectivity index (χ2v) is 12.7. The largest absolute Gasteiger partial charge is 0.345 e. The van der Waals surface area contributed by atoms with Crippen molar-refractivity contribution < 1.29 is 0 Å². The molecule has 2 heterocycles. The van der Waals surface area contributed by atoms with Gasteiger partial charge in [-0.2, -0.15) is 0 Å². The normalized spacial score (nSPS) is 11.8. The number of benzene rings is 3. The number of unbranched alkanes of at least 4 members (excludes halogenated alkanes) is 10. The molecule has 0 spiro atoms. The van der Waals surface area contributed by atoms with E-state index in [0.29, 0.717) is 0 Å². The molecule has 5 rings (SSSR count). The summed E-state index contributed by atoms with van der Waals surface area (Å²) in [6.45, 7) is 11.6. The van der Waals surface area contributed by atoms with Crippen molar-refractivity contribution in [1.82, 2.24) is 9.13 Å². The van der Waals surface area contributed by atoms with Gasteiger partial charge in [0.15, 0.2) is 0 Å². The first-order chi connectivity index (χ1) is 21.2. The van der Waals surface area contributed by atoms with E-state index in [1.54, 1.807) is 0 Å². The van der Waals surface area contributed by atoms with Crippen LogP contribution in [0.3, 0.4) is 0 Å². The van der Waals surface area contributed by atoms with E-state index in [4.69, 9.17) is 0 Å². The van der Waals surface area contributed by atoms with Crippen LogP contribution in [0.25, 0.3) is 21.8 Å². The Bertz CT molecular complexity index is 1470. The van der Waals surface area contributed by atoms with Crippen LogP contribution in [-0.4, -0.2) is 9.13 Å². The van der Waals surface area contributed by atoms with Crippen LogP contribution < -0.4 is 0 Å². The third-order valence-corrected chi connectivity index (χ3v) is 9.74. The van der Waals surface area contributed by atoms with E-state index in [1.807, 2.05) is 0 Å². The molecule has 0 aliphatic carbocycles. The zero-order chi connectivity index (χ0) is 30.0. The van der Waals surface area contributed by atoms with Crippen molar-refractivity contribution in [3.8, 4) is 0 Å². The fraction of sp³-hybridized carbons (Fsp3) is 0.463. The first-order valence-electron chi connectivity index (χ1n) is 17.4. The molecule has 0 N–H and O–H groups in total. The van der Waals surface area contributed by atoms with Gasteiger partial charge < -0.3 is 9.13 Å². The Hall–Kier alpha value is -3.26. The van der Waals surface area contributed by atoms with Gasteiger partial charge in [0.25, 0.3) is 0 Å². The molecule has 43 heavy (non-hydrogen) atoms. The molecule has 228 valence electrons. The number of hydrogen-bond acceptors (Lipinski definition) is 0. The van der Waals surface area contributed by atoms with E-state index in [9.17, 15) is 0 Å². The summed E-state index contributed by atoms with van der Waals surface area (Å²) in [5, 5.41) is 2.82. The van der Waals surface area contributed by atoms with Gasteiger partial charge in [-0.25, -0.2) is 0 Å². The van der Waals surface area contributed by atoms with Gasteiger partial charge in [-0.1, -0.05) is 145 Å². The minimum Gasteiger partial charge on any atom is -0.345 e. The number of hydrogen-bond donors (Lipinski definition) is 0. The van der Waals surface area contributed by atoms with Gasteiger partial charge in [0.1, 0.15) is 0 Å². The summed E-state index contributed by atoms with van der Waals surface area (Å²) in [5.74, 6) is 0.188. The molecule has 0 radical (unpaired) electrons. The van der Waals surface area contributed by atoms with E-state index in [1.165, 1.54) is 127 Å². The second kappa shape index (κ2) is 15.5. The highest BCUT2D eigenvalue weighted by atomic mass is 15.0. The topological polar surface area (TPSA) is 9.86 Å². The zero-order valence-electron chi connectivity index (χ0n) is 27.4. The van der Waals surface area contributed by atoms with Crippen molar-refractivity contribution in [2.24, 2.45) is 0 Å². The van der Waals surface area contributed by atoms with Crippen LogP contribution in [0, 0.1) is 13.8 Å². The van der Waals surface area contributed by atoms with Gasteiger partial charge in [0.2, 0.25) is 0 Å². The Morgan fingerprint density at radius 2 is 0.860 bits per heavy atom. The minimum atomic E-state index is 0.188. The van der Waals surface area contributed by atoms with Gasteiger partial charge in [0.05, 0.1) is 0 Å². The Morgan fingerprint density at radius 1 is 0.465 bits per heavy atom. The molecule has 2 heteroatoms. The van der Waals surface area contributed by atoms with Crippen LogP contribution in [0.5, 0.6) is 0 Å². The maximum Gasteiger partial charge on any atom is 0.0485 e.